The van der Waals surface area contributed by atoms with Crippen LogP contribution in [0.4, 0.5) is 5.69 Å². The van der Waals surface area contributed by atoms with Crippen molar-refractivity contribution < 1.29 is 17.4 Å². The number of carbonyl (C=O) groups is 1. The summed E-state index contributed by atoms with van der Waals surface area (Å²) in [5.41, 5.74) is 0.719. The second-order valence-corrected chi connectivity index (χ2v) is 9.23. The van der Waals surface area contributed by atoms with Gasteiger partial charge in [-0.25, -0.2) is 8.42 Å². The van der Waals surface area contributed by atoms with Crippen LogP contribution in [0.15, 0.2) is 29.2 Å². The molecule has 1 amide bonds. The van der Waals surface area contributed by atoms with Crippen molar-refractivity contribution in [3.8, 4) is 0 Å². The number of anilines is 1. The number of rotatable bonds is 6. The first-order valence-corrected chi connectivity index (χ1v) is 10.6. The molecule has 0 aromatic heterocycles. The molecule has 0 aliphatic carbocycles. The van der Waals surface area contributed by atoms with Gasteiger partial charge in [-0.3, -0.25) is 9.00 Å². The van der Waals surface area contributed by atoms with E-state index in [0.29, 0.717) is 13.0 Å². The van der Waals surface area contributed by atoms with E-state index in [2.05, 4.69) is 0 Å². The summed E-state index contributed by atoms with van der Waals surface area (Å²) >= 11 is 0. The van der Waals surface area contributed by atoms with Crippen molar-refractivity contribution in [3.63, 3.8) is 0 Å². The van der Waals surface area contributed by atoms with Gasteiger partial charge in [0.1, 0.15) is 0 Å². The van der Waals surface area contributed by atoms with Crippen LogP contribution in [0.2, 0.25) is 0 Å². The first kappa shape index (κ1) is 18.1. The first-order chi connectivity index (χ1) is 10.7. The standard InChI is InChI=1S/C15H22N2O4S2/c1-12(11-22(3)19)16(2)23(20,21)14-8-6-13(7-9-14)17-10-4-5-15(17)18/h6-9,12H,4-5,10-11H2,1-3H3/t12-,22+/m0/s1. The lowest BCUT2D eigenvalue weighted by molar-refractivity contribution is -0.117. The Bertz CT molecular complexity index is 701. The van der Waals surface area contributed by atoms with Crippen LogP contribution in [-0.4, -0.2) is 54.5 Å². The molecule has 0 spiro atoms. The largest absolute Gasteiger partial charge is 0.312 e. The SMILES string of the molecule is C[C@@H](C[S@@](C)=O)N(C)S(=O)(=O)c1ccc(N2CCCC2=O)cc1. The van der Waals surface area contributed by atoms with Crippen molar-refractivity contribution in [2.24, 2.45) is 0 Å². The minimum absolute atomic E-state index is 0.0665. The zero-order valence-corrected chi connectivity index (χ0v) is 15.2. The quantitative estimate of drug-likeness (QED) is 0.766. The van der Waals surface area contributed by atoms with Crippen LogP contribution in [-0.2, 0) is 25.6 Å². The average molecular weight is 358 g/mol. The van der Waals surface area contributed by atoms with E-state index in [1.54, 1.807) is 30.2 Å². The number of benzene rings is 1. The van der Waals surface area contributed by atoms with Gasteiger partial charge in [-0.05, 0) is 37.6 Å². The lowest BCUT2D eigenvalue weighted by Gasteiger charge is -2.24. The molecule has 0 radical (unpaired) electrons. The van der Waals surface area contributed by atoms with Crippen molar-refractivity contribution in [1.29, 1.82) is 0 Å². The third-order valence-electron chi connectivity index (χ3n) is 4.00. The fourth-order valence-electron chi connectivity index (χ4n) is 2.57. The van der Waals surface area contributed by atoms with E-state index in [4.69, 9.17) is 0 Å². The van der Waals surface area contributed by atoms with Crippen molar-refractivity contribution >= 4 is 32.4 Å². The van der Waals surface area contributed by atoms with E-state index in [1.807, 2.05) is 0 Å². The molecule has 1 heterocycles. The number of nitrogens with zero attached hydrogens (tertiary/aromatic N) is 2. The highest BCUT2D eigenvalue weighted by molar-refractivity contribution is 7.89. The molecule has 1 aliphatic rings. The third kappa shape index (κ3) is 3.99. The molecular weight excluding hydrogens is 336 g/mol. The predicted molar refractivity (Wildman–Crippen MR) is 91.4 cm³/mol. The molecule has 1 aromatic carbocycles. The molecule has 0 N–H and O–H groups in total. The Balaban J connectivity index is 2.20. The van der Waals surface area contributed by atoms with Crippen LogP contribution in [0.25, 0.3) is 0 Å². The molecule has 1 saturated heterocycles. The normalized spacial score (nSPS) is 18.4. The number of carbonyl (C=O) groups excluding carboxylic acids is 1. The summed E-state index contributed by atoms with van der Waals surface area (Å²) in [6.07, 6.45) is 2.92. The van der Waals surface area contributed by atoms with Gasteiger partial charge in [-0.1, -0.05) is 0 Å². The summed E-state index contributed by atoms with van der Waals surface area (Å²) in [6, 6.07) is 6.00. The highest BCUT2D eigenvalue weighted by Gasteiger charge is 2.27. The molecule has 2 rings (SSSR count). The Kier molecular flexibility index (Phi) is 5.59. The molecule has 6 nitrogen and oxygen atoms in total. The fraction of sp³-hybridized carbons (Fsp3) is 0.533. The lowest BCUT2D eigenvalue weighted by Crippen LogP contribution is -2.38. The maximum Gasteiger partial charge on any atom is 0.243 e. The van der Waals surface area contributed by atoms with Gasteiger partial charge in [0.05, 0.1) is 4.90 Å². The van der Waals surface area contributed by atoms with Crippen LogP contribution in [0.5, 0.6) is 0 Å². The van der Waals surface area contributed by atoms with E-state index in [1.165, 1.54) is 23.5 Å². The maximum absolute atomic E-state index is 12.6. The predicted octanol–water partition coefficient (Wildman–Crippen LogP) is 1.20. The molecule has 128 valence electrons. The van der Waals surface area contributed by atoms with Crippen LogP contribution in [0.1, 0.15) is 19.8 Å². The summed E-state index contributed by atoms with van der Waals surface area (Å²) in [5.74, 6) is 0.354. The fourth-order valence-corrected chi connectivity index (χ4v) is 4.93. The van der Waals surface area contributed by atoms with Gasteiger partial charge in [0.25, 0.3) is 0 Å². The topological polar surface area (TPSA) is 74.8 Å². The zero-order chi connectivity index (χ0) is 17.2. The Labute approximate surface area is 140 Å². The van der Waals surface area contributed by atoms with Gasteiger partial charge >= 0.3 is 0 Å². The summed E-state index contributed by atoms with van der Waals surface area (Å²) in [7, 11) is -3.22. The van der Waals surface area contributed by atoms with E-state index < -0.39 is 20.8 Å². The molecule has 1 aliphatic heterocycles. The lowest BCUT2D eigenvalue weighted by atomic mass is 10.3. The number of sulfonamides is 1. The van der Waals surface area contributed by atoms with Crippen molar-refractivity contribution in [1.82, 2.24) is 4.31 Å². The first-order valence-electron chi connectivity index (χ1n) is 7.42. The van der Waals surface area contributed by atoms with Gasteiger partial charge in [0, 0.05) is 54.6 Å². The highest BCUT2D eigenvalue weighted by Crippen LogP contribution is 2.24. The van der Waals surface area contributed by atoms with Crippen LogP contribution >= 0.6 is 0 Å². The molecule has 1 aromatic rings. The molecular formula is C15H22N2O4S2. The average Bonchev–Trinajstić information content (AvgIpc) is 2.92. The van der Waals surface area contributed by atoms with E-state index in [-0.39, 0.29) is 22.6 Å². The Hall–Kier alpha value is -1.25. The summed E-state index contributed by atoms with van der Waals surface area (Å²) < 4.78 is 37.7. The van der Waals surface area contributed by atoms with E-state index in [0.717, 1.165) is 12.1 Å². The molecule has 0 bridgehead atoms. The summed E-state index contributed by atoms with van der Waals surface area (Å²) in [5, 5.41) is 0. The van der Waals surface area contributed by atoms with Crippen LogP contribution in [0, 0.1) is 0 Å². The monoisotopic (exact) mass is 358 g/mol. The summed E-state index contributed by atoms with van der Waals surface area (Å²) in [4.78, 5) is 13.6. The molecule has 2 atom stereocenters. The minimum Gasteiger partial charge on any atom is -0.312 e. The smallest absolute Gasteiger partial charge is 0.243 e. The maximum atomic E-state index is 12.6. The van der Waals surface area contributed by atoms with Crippen LogP contribution < -0.4 is 4.90 Å². The van der Waals surface area contributed by atoms with Crippen molar-refractivity contribution in [2.75, 3.05) is 30.5 Å². The van der Waals surface area contributed by atoms with E-state index in [9.17, 15) is 17.4 Å². The molecule has 8 heteroatoms. The Morgan fingerprint density at radius 2 is 1.91 bits per heavy atom. The van der Waals surface area contributed by atoms with Crippen LogP contribution in [0.3, 0.4) is 0 Å². The molecule has 23 heavy (non-hydrogen) atoms. The summed E-state index contributed by atoms with van der Waals surface area (Å²) in [6.45, 7) is 2.40. The van der Waals surface area contributed by atoms with Gasteiger partial charge in [0.15, 0.2) is 0 Å². The van der Waals surface area contributed by atoms with Gasteiger partial charge in [0.2, 0.25) is 15.9 Å². The van der Waals surface area contributed by atoms with Gasteiger partial charge < -0.3 is 4.90 Å². The zero-order valence-electron chi connectivity index (χ0n) is 13.6. The highest BCUT2D eigenvalue weighted by atomic mass is 32.2. The third-order valence-corrected chi connectivity index (χ3v) is 6.93. The second kappa shape index (κ2) is 7.11. The number of hydrogen-bond donors (Lipinski definition) is 0. The molecule has 0 saturated carbocycles. The van der Waals surface area contributed by atoms with Gasteiger partial charge in [-0.2, -0.15) is 4.31 Å². The van der Waals surface area contributed by atoms with Gasteiger partial charge in [-0.15, -0.1) is 0 Å². The van der Waals surface area contributed by atoms with E-state index >= 15 is 0 Å². The Morgan fingerprint density at radius 3 is 2.39 bits per heavy atom. The minimum atomic E-state index is -3.64. The molecule has 0 unspecified atom stereocenters. The van der Waals surface area contributed by atoms with Crippen molar-refractivity contribution in [2.45, 2.75) is 30.7 Å². The number of hydrogen-bond acceptors (Lipinski definition) is 4. The van der Waals surface area contributed by atoms with Crippen molar-refractivity contribution in [3.05, 3.63) is 24.3 Å². The Morgan fingerprint density at radius 1 is 1.30 bits per heavy atom. The second-order valence-electron chi connectivity index (χ2n) is 5.75. The number of amides is 1. The molecule has 1 fully saturated rings.